The maximum Gasteiger partial charge on any atom is 0.270 e. The normalized spacial score (nSPS) is 53.5. The number of fused-ring (bicyclic) bond motifs is 1. The van der Waals surface area contributed by atoms with Crippen LogP contribution in [0.15, 0.2) is 0 Å². The minimum atomic E-state index is -3.86. The van der Waals surface area contributed by atoms with E-state index in [-0.39, 0.29) is 0 Å². The van der Waals surface area contributed by atoms with E-state index in [4.69, 9.17) is 0 Å². The molecule has 3 rings (SSSR count). The van der Waals surface area contributed by atoms with E-state index in [0.717, 1.165) is 18.8 Å². The van der Waals surface area contributed by atoms with Crippen LogP contribution in [-0.4, -0.2) is 17.7 Å². The van der Waals surface area contributed by atoms with Crippen molar-refractivity contribution < 1.29 is 13.0 Å². The average molecular weight is 230 g/mol. The van der Waals surface area contributed by atoms with Crippen molar-refractivity contribution in [3.05, 3.63) is 0 Å². The Labute approximate surface area is 91.0 Å². The highest BCUT2D eigenvalue weighted by atomic mass is 32.2. The Morgan fingerprint density at radius 2 is 1.87 bits per heavy atom. The summed E-state index contributed by atoms with van der Waals surface area (Å²) < 4.78 is 31.9. The van der Waals surface area contributed by atoms with Crippen molar-refractivity contribution in [2.75, 3.05) is 0 Å². The zero-order chi connectivity index (χ0) is 10.8. The summed E-state index contributed by atoms with van der Waals surface area (Å²) in [7, 11) is -3.86. The minimum Gasteiger partial charge on any atom is -0.285 e. The SMILES string of the molecule is CC1CC2CC3CC(S(=O)(=O)O)(C1)CC23. The second-order valence-electron chi connectivity index (χ2n) is 6.03. The van der Waals surface area contributed by atoms with Gasteiger partial charge in [-0.15, -0.1) is 0 Å². The van der Waals surface area contributed by atoms with E-state index in [0.29, 0.717) is 24.2 Å². The molecule has 86 valence electrons. The van der Waals surface area contributed by atoms with Crippen molar-refractivity contribution in [3.63, 3.8) is 0 Å². The van der Waals surface area contributed by atoms with Gasteiger partial charge in [0.1, 0.15) is 0 Å². The van der Waals surface area contributed by atoms with E-state index in [9.17, 15) is 13.0 Å². The predicted molar refractivity (Wildman–Crippen MR) is 57.0 cm³/mol. The molecule has 0 radical (unpaired) electrons. The largest absolute Gasteiger partial charge is 0.285 e. The van der Waals surface area contributed by atoms with Gasteiger partial charge in [0.25, 0.3) is 10.1 Å². The van der Waals surface area contributed by atoms with E-state index in [2.05, 4.69) is 6.92 Å². The molecule has 0 spiro atoms. The van der Waals surface area contributed by atoms with Crippen molar-refractivity contribution in [2.24, 2.45) is 23.7 Å². The maximum absolute atomic E-state index is 11.6. The van der Waals surface area contributed by atoms with Gasteiger partial charge in [-0.25, -0.2) is 0 Å². The molecule has 0 amide bonds. The summed E-state index contributed by atoms with van der Waals surface area (Å²) >= 11 is 0. The molecule has 3 aliphatic rings. The Morgan fingerprint density at radius 3 is 2.53 bits per heavy atom. The van der Waals surface area contributed by atoms with Crippen molar-refractivity contribution in [1.29, 1.82) is 0 Å². The Morgan fingerprint density at radius 1 is 1.13 bits per heavy atom. The van der Waals surface area contributed by atoms with Crippen LogP contribution in [0.25, 0.3) is 0 Å². The molecular weight excluding hydrogens is 212 g/mol. The summed E-state index contributed by atoms with van der Waals surface area (Å²) in [5, 5.41) is 0. The van der Waals surface area contributed by atoms with Crippen LogP contribution < -0.4 is 0 Å². The van der Waals surface area contributed by atoms with Crippen molar-refractivity contribution in [3.8, 4) is 0 Å². The van der Waals surface area contributed by atoms with Crippen LogP contribution in [0.5, 0.6) is 0 Å². The molecule has 0 aromatic heterocycles. The third kappa shape index (κ3) is 1.24. The summed E-state index contributed by atoms with van der Waals surface area (Å²) in [5.74, 6) is 2.38. The van der Waals surface area contributed by atoms with Gasteiger partial charge in [-0.3, -0.25) is 4.55 Å². The van der Waals surface area contributed by atoms with Gasteiger partial charge in [0.15, 0.2) is 0 Å². The summed E-state index contributed by atoms with van der Waals surface area (Å²) in [6, 6.07) is 0. The first-order chi connectivity index (χ1) is 6.91. The highest BCUT2D eigenvalue weighted by Crippen LogP contribution is 2.62. The number of rotatable bonds is 1. The van der Waals surface area contributed by atoms with E-state index in [1.165, 1.54) is 12.8 Å². The quantitative estimate of drug-likeness (QED) is 0.702. The Kier molecular flexibility index (Phi) is 1.87. The molecule has 0 aliphatic heterocycles. The van der Waals surface area contributed by atoms with E-state index >= 15 is 0 Å². The van der Waals surface area contributed by atoms with Gasteiger partial charge in [0, 0.05) is 0 Å². The lowest BCUT2D eigenvalue weighted by atomic mass is 9.63. The lowest BCUT2D eigenvalue weighted by Gasteiger charge is -2.42. The summed E-state index contributed by atoms with van der Waals surface area (Å²) in [4.78, 5) is 0. The zero-order valence-electron chi connectivity index (χ0n) is 9.02. The first-order valence-electron chi connectivity index (χ1n) is 5.88. The lowest BCUT2D eigenvalue weighted by Crippen LogP contribution is -2.38. The standard InChI is InChI=1S/C11H18O3S/c1-7-2-8-3-9-5-11(4-7,6-10(8)9)15(12,13)14/h7-10H,2-6H2,1H3,(H,12,13,14). The van der Waals surface area contributed by atoms with Crippen LogP contribution in [0.4, 0.5) is 0 Å². The van der Waals surface area contributed by atoms with Crippen LogP contribution in [-0.2, 0) is 10.1 Å². The molecule has 0 aromatic carbocycles. The fourth-order valence-electron chi connectivity index (χ4n) is 4.48. The first-order valence-corrected chi connectivity index (χ1v) is 7.32. The van der Waals surface area contributed by atoms with E-state index < -0.39 is 14.9 Å². The summed E-state index contributed by atoms with van der Waals surface area (Å²) in [5.41, 5.74) is 0. The first kappa shape index (κ1) is 10.1. The summed E-state index contributed by atoms with van der Waals surface area (Å²) in [6.45, 7) is 2.13. The fourth-order valence-corrected chi connectivity index (χ4v) is 5.80. The Hall–Kier alpha value is -0.0900. The molecule has 2 bridgehead atoms. The topological polar surface area (TPSA) is 54.4 Å². The fraction of sp³-hybridized carbons (Fsp3) is 1.00. The van der Waals surface area contributed by atoms with Crippen LogP contribution in [0.1, 0.15) is 39.0 Å². The maximum atomic E-state index is 11.6. The molecule has 0 heterocycles. The molecular formula is C11H18O3S. The molecule has 5 atom stereocenters. The molecule has 0 aromatic rings. The van der Waals surface area contributed by atoms with Crippen molar-refractivity contribution in [1.82, 2.24) is 0 Å². The molecule has 3 nitrogen and oxygen atoms in total. The molecule has 1 N–H and O–H groups in total. The average Bonchev–Trinajstić information content (AvgIpc) is 2.27. The van der Waals surface area contributed by atoms with Crippen LogP contribution in [0, 0.1) is 23.7 Å². The second-order valence-corrected chi connectivity index (χ2v) is 7.85. The lowest BCUT2D eigenvalue weighted by molar-refractivity contribution is 0.0795. The van der Waals surface area contributed by atoms with Gasteiger partial charge in [-0.2, -0.15) is 8.42 Å². The van der Waals surface area contributed by atoms with Crippen LogP contribution in [0.2, 0.25) is 0 Å². The Bertz CT molecular complexity index is 385. The van der Waals surface area contributed by atoms with Gasteiger partial charge >= 0.3 is 0 Å². The molecule has 3 saturated carbocycles. The third-order valence-electron chi connectivity index (χ3n) is 5.03. The molecule has 15 heavy (non-hydrogen) atoms. The number of hydrogen-bond acceptors (Lipinski definition) is 2. The van der Waals surface area contributed by atoms with Gasteiger partial charge in [0.05, 0.1) is 4.75 Å². The smallest absolute Gasteiger partial charge is 0.270 e. The molecule has 3 fully saturated rings. The zero-order valence-corrected chi connectivity index (χ0v) is 9.83. The predicted octanol–water partition coefficient (Wildman–Crippen LogP) is 2.09. The molecule has 5 unspecified atom stereocenters. The highest BCUT2D eigenvalue weighted by molar-refractivity contribution is 7.87. The van der Waals surface area contributed by atoms with E-state index in [1.54, 1.807) is 0 Å². The van der Waals surface area contributed by atoms with Crippen molar-refractivity contribution in [2.45, 2.75) is 43.8 Å². The molecule has 0 saturated heterocycles. The van der Waals surface area contributed by atoms with Crippen LogP contribution in [0.3, 0.4) is 0 Å². The van der Waals surface area contributed by atoms with Gasteiger partial charge in [0.2, 0.25) is 0 Å². The third-order valence-corrected chi connectivity index (χ3v) is 6.63. The minimum absolute atomic E-state index is 0.447. The van der Waals surface area contributed by atoms with Gasteiger partial charge in [-0.05, 0) is 55.8 Å². The van der Waals surface area contributed by atoms with Crippen molar-refractivity contribution >= 4 is 10.1 Å². The second kappa shape index (κ2) is 2.77. The van der Waals surface area contributed by atoms with Gasteiger partial charge in [-0.1, -0.05) is 6.92 Å². The van der Waals surface area contributed by atoms with E-state index in [1.807, 2.05) is 0 Å². The Balaban J connectivity index is 2.02. The molecule has 4 heteroatoms. The molecule has 3 aliphatic carbocycles. The monoisotopic (exact) mass is 230 g/mol. The summed E-state index contributed by atoms with van der Waals surface area (Å²) in [6.07, 6.45) is 4.49. The highest BCUT2D eigenvalue weighted by Gasteiger charge is 2.61. The number of hydrogen-bond donors (Lipinski definition) is 1. The van der Waals surface area contributed by atoms with Gasteiger partial charge < -0.3 is 0 Å². The van der Waals surface area contributed by atoms with Crippen LogP contribution >= 0.6 is 0 Å².